The summed E-state index contributed by atoms with van der Waals surface area (Å²) in [6.07, 6.45) is -0.817. The first-order chi connectivity index (χ1) is 8.07. The van der Waals surface area contributed by atoms with Crippen LogP contribution in [0.25, 0.3) is 0 Å². The van der Waals surface area contributed by atoms with Gasteiger partial charge in [-0.15, -0.1) is 0 Å². The topological polar surface area (TPSA) is 109 Å². The van der Waals surface area contributed by atoms with Crippen molar-refractivity contribution in [3.8, 4) is 0 Å². The van der Waals surface area contributed by atoms with Crippen molar-refractivity contribution < 1.29 is 15.1 Å². The van der Waals surface area contributed by atoms with E-state index in [1.165, 1.54) is 18.3 Å². The molecule has 0 radical (unpaired) electrons. The molecular weight excluding hydrogens is 226 g/mol. The molecule has 0 saturated carbocycles. The number of nitro groups is 1. The maximum absolute atomic E-state index is 10.7. The highest BCUT2D eigenvalue weighted by Crippen LogP contribution is 2.25. The smallest absolute Gasteiger partial charge is 0.293 e. The van der Waals surface area contributed by atoms with Gasteiger partial charge in [-0.05, 0) is 26.1 Å². The summed E-state index contributed by atoms with van der Waals surface area (Å²) in [6.45, 7) is 0.499. The molecule has 1 rings (SSSR count). The van der Waals surface area contributed by atoms with Gasteiger partial charge in [-0.1, -0.05) is 0 Å². The Morgan fingerprint density at radius 2 is 2.29 bits per heavy atom. The number of rotatable bonds is 6. The van der Waals surface area contributed by atoms with Crippen molar-refractivity contribution in [2.75, 3.05) is 13.6 Å². The van der Waals surface area contributed by atoms with Gasteiger partial charge in [-0.3, -0.25) is 15.1 Å². The van der Waals surface area contributed by atoms with E-state index in [0.717, 1.165) is 0 Å². The molecule has 0 fully saturated rings. The van der Waals surface area contributed by atoms with E-state index < -0.39 is 17.1 Å². The van der Waals surface area contributed by atoms with Crippen molar-refractivity contribution in [1.82, 2.24) is 10.3 Å². The predicted octanol–water partition coefficient (Wildman–Crippen LogP) is -0.00640. The third-order valence-corrected chi connectivity index (χ3v) is 2.35. The fourth-order valence-electron chi connectivity index (χ4n) is 1.42. The van der Waals surface area contributed by atoms with Gasteiger partial charge in [0.05, 0.1) is 11.0 Å². The molecule has 3 N–H and O–H groups in total. The van der Waals surface area contributed by atoms with Crippen LogP contribution in [0.15, 0.2) is 18.3 Å². The molecule has 17 heavy (non-hydrogen) atoms. The summed E-state index contributed by atoms with van der Waals surface area (Å²) in [5.41, 5.74) is -0.399. The second-order valence-electron chi connectivity index (χ2n) is 3.57. The van der Waals surface area contributed by atoms with Crippen LogP contribution in [-0.4, -0.2) is 39.8 Å². The van der Waals surface area contributed by atoms with Crippen LogP contribution in [0.2, 0.25) is 0 Å². The molecule has 0 bridgehead atoms. The van der Waals surface area contributed by atoms with Gasteiger partial charge < -0.3 is 15.5 Å². The van der Waals surface area contributed by atoms with Gasteiger partial charge in [0, 0.05) is 12.3 Å². The van der Waals surface area contributed by atoms with E-state index in [9.17, 15) is 20.3 Å². The van der Waals surface area contributed by atoms with Crippen molar-refractivity contribution >= 4 is 5.69 Å². The van der Waals surface area contributed by atoms with E-state index in [1.807, 2.05) is 0 Å². The third-order valence-electron chi connectivity index (χ3n) is 2.35. The summed E-state index contributed by atoms with van der Waals surface area (Å²) in [6, 6.07) is 2.66. The number of nitrogens with zero attached hydrogens (tertiary/aromatic N) is 2. The fourth-order valence-corrected chi connectivity index (χ4v) is 1.42. The van der Waals surface area contributed by atoms with Gasteiger partial charge in [0.15, 0.2) is 0 Å². The van der Waals surface area contributed by atoms with Crippen molar-refractivity contribution in [3.63, 3.8) is 0 Å². The number of aliphatic hydroxyl groups excluding tert-OH is 2. The summed E-state index contributed by atoms with van der Waals surface area (Å²) in [7, 11) is 1.71. The Kier molecular flexibility index (Phi) is 4.95. The summed E-state index contributed by atoms with van der Waals surface area (Å²) in [4.78, 5) is 13.9. The number of aromatic nitrogens is 1. The molecule has 7 nitrogen and oxygen atoms in total. The fraction of sp³-hybridized carbons (Fsp3) is 0.500. The first-order valence-corrected chi connectivity index (χ1v) is 5.18. The van der Waals surface area contributed by atoms with Gasteiger partial charge in [-0.25, -0.2) is 0 Å². The van der Waals surface area contributed by atoms with Gasteiger partial charge >= 0.3 is 0 Å². The Bertz CT molecular complexity index is 386. The van der Waals surface area contributed by atoms with E-state index in [2.05, 4.69) is 10.3 Å². The predicted molar refractivity (Wildman–Crippen MR) is 60.4 cm³/mol. The zero-order valence-electron chi connectivity index (χ0n) is 9.41. The molecule has 1 aromatic heterocycles. The number of hydrogen-bond acceptors (Lipinski definition) is 6. The molecule has 0 aliphatic heterocycles. The molecule has 1 heterocycles. The zero-order valence-corrected chi connectivity index (χ0v) is 9.41. The first-order valence-electron chi connectivity index (χ1n) is 5.18. The minimum Gasteiger partial charge on any atom is -0.390 e. The second kappa shape index (κ2) is 6.24. The highest BCUT2D eigenvalue weighted by Gasteiger charge is 2.26. The van der Waals surface area contributed by atoms with Crippen LogP contribution in [0, 0.1) is 10.1 Å². The SMILES string of the molecule is CNCCC(O)C(O)c1ncccc1[N+](=O)[O-]. The molecule has 0 aromatic carbocycles. The molecule has 0 aliphatic carbocycles. The number of aliphatic hydroxyl groups is 2. The normalized spacial score (nSPS) is 14.3. The molecule has 0 amide bonds. The van der Waals surface area contributed by atoms with Crippen LogP contribution < -0.4 is 5.32 Å². The van der Waals surface area contributed by atoms with Crippen LogP contribution in [0.3, 0.4) is 0 Å². The summed E-state index contributed by atoms with van der Waals surface area (Å²) < 4.78 is 0. The Balaban J connectivity index is 2.87. The van der Waals surface area contributed by atoms with Gasteiger partial charge in [-0.2, -0.15) is 0 Å². The van der Waals surface area contributed by atoms with E-state index in [4.69, 9.17) is 0 Å². The maximum atomic E-state index is 10.7. The monoisotopic (exact) mass is 241 g/mol. The largest absolute Gasteiger partial charge is 0.390 e. The molecule has 2 atom stereocenters. The maximum Gasteiger partial charge on any atom is 0.293 e. The lowest BCUT2D eigenvalue weighted by atomic mass is 10.1. The van der Waals surface area contributed by atoms with Crippen LogP contribution >= 0.6 is 0 Å². The van der Waals surface area contributed by atoms with Gasteiger partial charge in [0.25, 0.3) is 5.69 Å². The second-order valence-corrected chi connectivity index (χ2v) is 3.57. The standard InChI is InChI=1S/C10H15N3O4/c1-11-6-4-8(14)10(15)9-7(13(16)17)3-2-5-12-9/h2-3,5,8,10-11,14-15H,4,6H2,1H3. The van der Waals surface area contributed by atoms with E-state index in [1.54, 1.807) is 7.05 Å². The van der Waals surface area contributed by atoms with Crippen molar-refractivity contribution in [2.45, 2.75) is 18.6 Å². The lowest BCUT2D eigenvalue weighted by Gasteiger charge is -2.16. The average Bonchev–Trinajstić information content (AvgIpc) is 2.34. The first kappa shape index (κ1) is 13.5. The zero-order chi connectivity index (χ0) is 12.8. The van der Waals surface area contributed by atoms with Crippen molar-refractivity contribution in [1.29, 1.82) is 0 Å². The highest BCUT2D eigenvalue weighted by molar-refractivity contribution is 5.36. The number of pyridine rings is 1. The van der Waals surface area contributed by atoms with E-state index in [0.29, 0.717) is 6.54 Å². The Labute approximate surface area is 98.3 Å². The minimum absolute atomic E-state index is 0.110. The van der Waals surface area contributed by atoms with Gasteiger partial charge in [0.1, 0.15) is 11.8 Å². The van der Waals surface area contributed by atoms with Crippen LogP contribution in [-0.2, 0) is 0 Å². The van der Waals surface area contributed by atoms with Crippen LogP contribution in [0.4, 0.5) is 5.69 Å². The van der Waals surface area contributed by atoms with Crippen molar-refractivity contribution in [3.05, 3.63) is 34.1 Å². The van der Waals surface area contributed by atoms with Crippen LogP contribution in [0.5, 0.6) is 0 Å². The molecular formula is C10H15N3O4. The molecule has 0 aliphatic rings. The molecule has 2 unspecified atom stereocenters. The Morgan fingerprint density at radius 1 is 1.59 bits per heavy atom. The van der Waals surface area contributed by atoms with Gasteiger partial charge in [0.2, 0.25) is 0 Å². The Morgan fingerprint density at radius 3 is 2.88 bits per heavy atom. The number of hydrogen-bond donors (Lipinski definition) is 3. The summed E-state index contributed by atoms with van der Waals surface area (Å²) >= 11 is 0. The van der Waals surface area contributed by atoms with E-state index in [-0.39, 0.29) is 17.8 Å². The summed E-state index contributed by atoms with van der Waals surface area (Å²) in [5, 5.41) is 33.0. The number of nitrogens with one attached hydrogen (secondary N) is 1. The molecule has 0 spiro atoms. The minimum atomic E-state index is -1.36. The molecule has 94 valence electrons. The van der Waals surface area contributed by atoms with Crippen LogP contribution in [0.1, 0.15) is 18.2 Å². The lowest BCUT2D eigenvalue weighted by Crippen LogP contribution is -2.24. The highest BCUT2D eigenvalue weighted by atomic mass is 16.6. The summed E-state index contributed by atoms with van der Waals surface area (Å²) in [5.74, 6) is 0. The van der Waals surface area contributed by atoms with E-state index >= 15 is 0 Å². The lowest BCUT2D eigenvalue weighted by molar-refractivity contribution is -0.386. The molecule has 7 heteroatoms. The quantitative estimate of drug-likeness (QED) is 0.477. The Hall–Kier alpha value is -1.57. The average molecular weight is 241 g/mol. The molecule has 0 saturated heterocycles. The third kappa shape index (κ3) is 3.45. The van der Waals surface area contributed by atoms with Crippen molar-refractivity contribution in [2.24, 2.45) is 0 Å². The molecule has 1 aromatic rings.